The summed E-state index contributed by atoms with van der Waals surface area (Å²) in [5.74, 6) is 1.53. The fourth-order valence-corrected chi connectivity index (χ4v) is 2.22. The van der Waals surface area contributed by atoms with E-state index in [0.29, 0.717) is 12.3 Å². The van der Waals surface area contributed by atoms with E-state index in [9.17, 15) is 0 Å². The quantitative estimate of drug-likeness (QED) is 0.845. The molecule has 0 aliphatic rings. The summed E-state index contributed by atoms with van der Waals surface area (Å²) in [5, 5.41) is 0.769. The van der Waals surface area contributed by atoms with E-state index in [1.165, 1.54) is 0 Å². The molecule has 0 heterocycles. The number of benzene rings is 2. The largest absolute Gasteiger partial charge is 0.497 e. The van der Waals surface area contributed by atoms with Crippen LogP contribution < -0.4 is 15.2 Å². The second kappa shape index (κ2) is 6.53. The number of rotatable bonds is 5. The summed E-state index contributed by atoms with van der Waals surface area (Å²) in [4.78, 5) is 0. The van der Waals surface area contributed by atoms with Crippen molar-refractivity contribution in [3.05, 3.63) is 52.5 Å². The van der Waals surface area contributed by atoms with Crippen LogP contribution in [0.4, 0.5) is 5.69 Å². The highest BCUT2D eigenvalue weighted by Crippen LogP contribution is 2.24. The Morgan fingerprint density at radius 3 is 2.60 bits per heavy atom. The number of anilines is 1. The summed E-state index contributed by atoms with van der Waals surface area (Å²) in [7, 11) is 1.62. The number of methoxy groups -OCH3 is 1. The standard InChI is InChI=1S/C16H18ClNO2/c1-3-12-8-14(4-5-16(12)17)20-10-11-6-13(18)9-15(7-11)19-2/h4-9H,3,10,18H2,1-2H3. The third kappa shape index (κ3) is 3.58. The summed E-state index contributed by atoms with van der Waals surface area (Å²) in [6.07, 6.45) is 0.877. The predicted molar refractivity (Wildman–Crippen MR) is 82.6 cm³/mol. The van der Waals surface area contributed by atoms with Gasteiger partial charge in [0.15, 0.2) is 0 Å². The lowest BCUT2D eigenvalue weighted by Gasteiger charge is -2.10. The highest BCUT2D eigenvalue weighted by Gasteiger charge is 2.03. The first-order chi connectivity index (χ1) is 9.62. The van der Waals surface area contributed by atoms with E-state index in [1.54, 1.807) is 13.2 Å². The van der Waals surface area contributed by atoms with E-state index in [2.05, 4.69) is 6.92 Å². The summed E-state index contributed by atoms with van der Waals surface area (Å²) in [6.45, 7) is 2.50. The van der Waals surface area contributed by atoms with Crippen molar-refractivity contribution in [2.24, 2.45) is 0 Å². The molecule has 0 saturated heterocycles. The fraction of sp³-hybridized carbons (Fsp3) is 0.250. The van der Waals surface area contributed by atoms with Gasteiger partial charge in [0.2, 0.25) is 0 Å². The lowest BCUT2D eigenvalue weighted by molar-refractivity contribution is 0.305. The van der Waals surface area contributed by atoms with Gasteiger partial charge < -0.3 is 15.2 Å². The molecule has 0 saturated carbocycles. The van der Waals surface area contributed by atoms with Crippen LogP contribution >= 0.6 is 11.6 Å². The van der Waals surface area contributed by atoms with Gasteiger partial charge in [-0.3, -0.25) is 0 Å². The number of nitrogens with two attached hydrogens (primary N) is 1. The molecule has 0 spiro atoms. The minimum Gasteiger partial charge on any atom is -0.497 e. The van der Waals surface area contributed by atoms with E-state index in [0.717, 1.165) is 34.1 Å². The third-order valence-corrected chi connectivity index (χ3v) is 3.40. The van der Waals surface area contributed by atoms with Gasteiger partial charge in [0, 0.05) is 16.8 Å². The molecule has 0 aliphatic heterocycles. The lowest BCUT2D eigenvalue weighted by Crippen LogP contribution is -1.98. The van der Waals surface area contributed by atoms with Gasteiger partial charge in [-0.2, -0.15) is 0 Å². The molecule has 0 aromatic heterocycles. The van der Waals surface area contributed by atoms with Crippen molar-refractivity contribution < 1.29 is 9.47 Å². The fourth-order valence-electron chi connectivity index (χ4n) is 1.97. The SMILES string of the molecule is CCc1cc(OCc2cc(N)cc(OC)c2)ccc1Cl. The number of aryl methyl sites for hydroxylation is 1. The number of halogens is 1. The Hall–Kier alpha value is -1.87. The van der Waals surface area contributed by atoms with E-state index < -0.39 is 0 Å². The summed E-state index contributed by atoms with van der Waals surface area (Å²) in [6, 6.07) is 11.2. The molecule has 2 N–H and O–H groups in total. The van der Waals surface area contributed by atoms with Crippen LogP contribution in [-0.2, 0) is 13.0 Å². The van der Waals surface area contributed by atoms with Crippen molar-refractivity contribution in [3.8, 4) is 11.5 Å². The summed E-state index contributed by atoms with van der Waals surface area (Å²) < 4.78 is 11.0. The van der Waals surface area contributed by atoms with Crippen molar-refractivity contribution >= 4 is 17.3 Å². The van der Waals surface area contributed by atoms with Gasteiger partial charge >= 0.3 is 0 Å². The van der Waals surface area contributed by atoms with Crippen LogP contribution in [0.15, 0.2) is 36.4 Å². The molecule has 0 aliphatic carbocycles. The molecule has 0 unspecified atom stereocenters. The molecule has 0 atom stereocenters. The molecule has 106 valence electrons. The Labute approximate surface area is 124 Å². The van der Waals surface area contributed by atoms with E-state index in [1.807, 2.05) is 30.3 Å². The van der Waals surface area contributed by atoms with Crippen LogP contribution in [0, 0.1) is 0 Å². The van der Waals surface area contributed by atoms with E-state index >= 15 is 0 Å². The number of nitrogen functional groups attached to an aromatic ring is 1. The number of hydrogen-bond acceptors (Lipinski definition) is 3. The van der Waals surface area contributed by atoms with Gasteiger partial charge in [-0.15, -0.1) is 0 Å². The maximum absolute atomic E-state index is 6.09. The average Bonchev–Trinajstić information content (AvgIpc) is 2.45. The first kappa shape index (κ1) is 14.5. The van der Waals surface area contributed by atoms with Gasteiger partial charge in [-0.25, -0.2) is 0 Å². The van der Waals surface area contributed by atoms with Crippen LogP contribution in [0.5, 0.6) is 11.5 Å². The Morgan fingerprint density at radius 2 is 1.90 bits per heavy atom. The van der Waals surface area contributed by atoms with Crippen molar-refractivity contribution in [2.75, 3.05) is 12.8 Å². The maximum Gasteiger partial charge on any atom is 0.121 e. The maximum atomic E-state index is 6.09. The zero-order chi connectivity index (χ0) is 14.5. The van der Waals surface area contributed by atoms with E-state index in [4.69, 9.17) is 26.8 Å². The van der Waals surface area contributed by atoms with Crippen LogP contribution in [-0.4, -0.2) is 7.11 Å². The molecule has 0 fully saturated rings. The Kier molecular flexibility index (Phi) is 4.74. The van der Waals surface area contributed by atoms with E-state index in [-0.39, 0.29) is 0 Å². The topological polar surface area (TPSA) is 44.5 Å². The molecular formula is C16H18ClNO2. The smallest absolute Gasteiger partial charge is 0.121 e. The zero-order valence-electron chi connectivity index (χ0n) is 11.7. The average molecular weight is 292 g/mol. The van der Waals surface area contributed by atoms with Crippen molar-refractivity contribution in [3.63, 3.8) is 0 Å². The molecule has 20 heavy (non-hydrogen) atoms. The van der Waals surface area contributed by atoms with Crippen LogP contribution in [0.3, 0.4) is 0 Å². The van der Waals surface area contributed by atoms with Crippen molar-refractivity contribution in [2.45, 2.75) is 20.0 Å². The second-order valence-corrected chi connectivity index (χ2v) is 4.92. The molecule has 3 nitrogen and oxygen atoms in total. The first-order valence-corrected chi connectivity index (χ1v) is 6.85. The van der Waals surface area contributed by atoms with Gasteiger partial charge in [0.25, 0.3) is 0 Å². The molecule has 0 radical (unpaired) electrons. The van der Waals surface area contributed by atoms with Crippen LogP contribution in [0.1, 0.15) is 18.1 Å². The summed E-state index contributed by atoms with van der Waals surface area (Å²) in [5.41, 5.74) is 8.52. The Morgan fingerprint density at radius 1 is 1.10 bits per heavy atom. The number of hydrogen-bond donors (Lipinski definition) is 1. The third-order valence-electron chi connectivity index (χ3n) is 3.03. The lowest BCUT2D eigenvalue weighted by atomic mass is 10.1. The molecule has 0 bridgehead atoms. The molecule has 2 rings (SSSR count). The predicted octanol–water partition coefficient (Wildman–Crippen LogP) is 4.07. The van der Waals surface area contributed by atoms with Gasteiger partial charge in [-0.05, 0) is 47.9 Å². The molecule has 2 aromatic carbocycles. The van der Waals surface area contributed by atoms with Gasteiger partial charge in [-0.1, -0.05) is 18.5 Å². The molecule has 0 amide bonds. The molecule has 4 heteroatoms. The number of ether oxygens (including phenoxy) is 2. The van der Waals surface area contributed by atoms with Gasteiger partial charge in [0.1, 0.15) is 18.1 Å². The second-order valence-electron chi connectivity index (χ2n) is 4.51. The summed E-state index contributed by atoms with van der Waals surface area (Å²) >= 11 is 6.09. The Bertz CT molecular complexity index is 599. The first-order valence-electron chi connectivity index (χ1n) is 6.47. The monoisotopic (exact) mass is 291 g/mol. The zero-order valence-corrected chi connectivity index (χ0v) is 12.4. The van der Waals surface area contributed by atoms with Crippen LogP contribution in [0.2, 0.25) is 5.02 Å². The Balaban J connectivity index is 2.10. The minimum atomic E-state index is 0.437. The van der Waals surface area contributed by atoms with Crippen molar-refractivity contribution in [1.29, 1.82) is 0 Å². The van der Waals surface area contributed by atoms with Crippen LogP contribution in [0.25, 0.3) is 0 Å². The normalized spacial score (nSPS) is 10.3. The molecular weight excluding hydrogens is 274 g/mol. The van der Waals surface area contributed by atoms with Crippen molar-refractivity contribution in [1.82, 2.24) is 0 Å². The molecule has 2 aromatic rings. The highest BCUT2D eigenvalue weighted by atomic mass is 35.5. The highest BCUT2D eigenvalue weighted by molar-refractivity contribution is 6.31. The van der Waals surface area contributed by atoms with Gasteiger partial charge in [0.05, 0.1) is 7.11 Å². The minimum absolute atomic E-state index is 0.437.